The minimum Gasteiger partial charge on any atom is -0.366 e. The fraction of sp³-hybridized carbons (Fsp3) is 0.417. The van der Waals surface area contributed by atoms with E-state index in [0.29, 0.717) is 18.8 Å². The van der Waals surface area contributed by atoms with Crippen molar-refractivity contribution in [1.82, 2.24) is 34.3 Å². The van der Waals surface area contributed by atoms with Crippen LogP contribution in [0.5, 0.6) is 0 Å². The van der Waals surface area contributed by atoms with Gasteiger partial charge in [-0.25, -0.2) is 9.50 Å². The average Bonchev–Trinajstić information content (AvgIpc) is 2.96. The zero-order chi connectivity index (χ0) is 14.3. The molecular weight excluding hydrogens is 256 g/mol. The minimum absolute atomic E-state index is 0.293. The van der Waals surface area contributed by atoms with E-state index < -0.39 is 0 Å². The number of nitrogens with two attached hydrogens (primary N) is 1. The summed E-state index contributed by atoms with van der Waals surface area (Å²) in [6, 6.07) is 0. The lowest BCUT2D eigenvalue weighted by molar-refractivity contribution is 0.683. The van der Waals surface area contributed by atoms with Crippen LogP contribution in [-0.2, 0) is 19.9 Å². The standard InChI is InChI=1S/C12H16N8/c1-7-6-14-8(2)11-15-9(17-20(7)11)4-5-10-16-12(13)18-19(10)3/h6H,4-5H2,1-3H3,(H2,13,18). The summed E-state index contributed by atoms with van der Waals surface area (Å²) in [5.41, 5.74) is 8.20. The molecular formula is C12H16N8. The van der Waals surface area contributed by atoms with E-state index in [1.165, 1.54) is 0 Å². The number of rotatable bonds is 3. The van der Waals surface area contributed by atoms with Gasteiger partial charge in [0.15, 0.2) is 11.5 Å². The van der Waals surface area contributed by atoms with E-state index in [4.69, 9.17) is 5.73 Å². The van der Waals surface area contributed by atoms with E-state index >= 15 is 0 Å². The molecule has 0 atom stereocenters. The molecule has 3 rings (SSSR count). The molecule has 0 amide bonds. The van der Waals surface area contributed by atoms with Gasteiger partial charge in [0, 0.05) is 26.1 Å². The van der Waals surface area contributed by atoms with Crippen LogP contribution in [0.2, 0.25) is 0 Å². The molecule has 3 heterocycles. The zero-order valence-electron chi connectivity index (χ0n) is 11.7. The molecule has 0 radical (unpaired) electrons. The molecule has 0 fully saturated rings. The first-order valence-electron chi connectivity index (χ1n) is 6.38. The Kier molecular flexibility index (Phi) is 2.85. The second-order valence-electron chi connectivity index (χ2n) is 4.76. The molecule has 0 saturated carbocycles. The lowest BCUT2D eigenvalue weighted by Gasteiger charge is -1.97. The maximum absolute atomic E-state index is 5.56. The highest BCUT2D eigenvalue weighted by atomic mass is 15.4. The van der Waals surface area contributed by atoms with Crippen LogP contribution >= 0.6 is 0 Å². The Bertz CT molecular complexity index is 730. The third-order valence-electron chi connectivity index (χ3n) is 3.20. The van der Waals surface area contributed by atoms with Crippen molar-refractivity contribution in [3.8, 4) is 0 Å². The lowest BCUT2D eigenvalue weighted by Crippen LogP contribution is -2.03. The SMILES string of the molecule is Cc1ncc(C)n2nc(CCc3nc(N)nn3C)nc12. The Morgan fingerprint density at radius 2 is 1.95 bits per heavy atom. The molecule has 0 saturated heterocycles. The highest BCUT2D eigenvalue weighted by molar-refractivity contribution is 5.43. The third kappa shape index (κ3) is 2.09. The monoisotopic (exact) mass is 272 g/mol. The van der Waals surface area contributed by atoms with E-state index in [2.05, 4.69) is 25.1 Å². The minimum atomic E-state index is 0.293. The molecule has 0 bridgehead atoms. The van der Waals surface area contributed by atoms with Gasteiger partial charge in [0.2, 0.25) is 5.95 Å². The summed E-state index contributed by atoms with van der Waals surface area (Å²) in [4.78, 5) is 13.0. The maximum Gasteiger partial charge on any atom is 0.239 e. The molecule has 0 spiro atoms. The fourth-order valence-electron chi connectivity index (χ4n) is 2.12. The number of nitrogen functional groups attached to an aromatic ring is 1. The molecule has 8 heteroatoms. The fourth-order valence-corrected chi connectivity index (χ4v) is 2.12. The van der Waals surface area contributed by atoms with Crippen LogP contribution in [0.1, 0.15) is 23.0 Å². The Balaban J connectivity index is 1.86. The number of aromatic nitrogens is 7. The summed E-state index contributed by atoms with van der Waals surface area (Å²) in [6.07, 6.45) is 3.18. The van der Waals surface area contributed by atoms with Crippen LogP contribution in [0, 0.1) is 13.8 Å². The normalized spacial score (nSPS) is 11.3. The van der Waals surface area contributed by atoms with Gasteiger partial charge in [0.25, 0.3) is 0 Å². The van der Waals surface area contributed by atoms with Gasteiger partial charge in [-0.05, 0) is 13.8 Å². The molecule has 0 aliphatic heterocycles. The first-order valence-corrected chi connectivity index (χ1v) is 6.38. The van der Waals surface area contributed by atoms with Crippen molar-refractivity contribution in [2.45, 2.75) is 26.7 Å². The first kappa shape index (κ1) is 12.5. The summed E-state index contributed by atoms with van der Waals surface area (Å²) in [5, 5.41) is 8.52. The van der Waals surface area contributed by atoms with E-state index in [9.17, 15) is 0 Å². The van der Waals surface area contributed by atoms with Gasteiger partial charge in [-0.3, -0.25) is 9.67 Å². The van der Waals surface area contributed by atoms with Crippen molar-refractivity contribution in [3.63, 3.8) is 0 Å². The Morgan fingerprint density at radius 3 is 2.60 bits per heavy atom. The predicted molar refractivity (Wildman–Crippen MR) is 73.1 cm³/mol. The Morgan fingerprint density at radius 1 is 1.15 bits per heavy atom. The van der Waals surface area contributed by atoms with Gasteiger partial charge < -0.3 is 5.73 Å². The smallest absolute Gasteiger partial charge is 0.239 e. The maximum atomic E-state index is 5.56. The van der Waals surface area contributed by atoms with Crippen LogP contribution in [0.25, 0.3) is 5.65 Å². The zero-order valence-corrected chi connectivity index (χ0v) is 11.7. The molecule has 0 aliphatic carbocycles. The summed E-state index contributed by atoms with van der Waals surface area (Å²) < 4.78 is 3.51. The molecule has 3 aromatic heterocycles. The number of hydrogen-bond acceptors (Lipinski definition) is 6. The van der Waals surface area contributed by atoms with E-state index in [1.807, 2.05) is 25.4 Å². The molecule has 0 aliphatic rings. The quantitative estimate of drug-likeness (QED) is 0.733. The highest BCUT2D eigenvalue weighted by Crippen LogP contribution is 2.09. The van der Waals surface area contributed by atoms with Gasteiger partial charge in [-0.1, -0.05) is 0 Å². The third-order valence-corrected chi connectivity index (χ3v) is 3.20. The molecule has 104 valence electrons. The van der Waals surface area contributed by atoms with Crippen molar-refractivity contribution >= 4 is 11.6 Å². The first-order chi connectivity index (χ1) is 9.54. The van der Waals surface area contributed by atoms with Crippen molar-refractivity contribution < 1.29 is 0 Å². The van der Waals surface area contributed by atoms with Crippen LogP contribution < -0.4 is 5.73 Å². The number of aryl methyl sites for hydroxylation is 5. The van der Waals surface area contributed by atoms with Crippen molar-refractivity contribution in [1.29, 1.82) is 0 Å². The van der Waals surface area contributed by atoms with Crippen LogP contribution in [0.4, 0.5) is 5.95 Å². The van der Waals surface area contributed by atoms with E-state index in [1.54, 1.807) is 10.9 Å². The van der Waals surface area contributed by atoms with Crippen LogP contribution in [-0.4, -0.2) is 34.3 Å². The van der Waals surface area contributed by atoms with E-state index in [0.717, 1.165) is 28.7 Å². The predicted octanol–water partition coefficient (Wildman–Crippen LogP) is 0.237. The number of fused-ring (bicyclic) bond motifs is 1. The largest absolute Gasteiger partial charge is 0.366 e. The van der Waals surface area contributed by atoms with Gasteiger partial charge in [0.05, 0.1) is 11.4 Å². The summed E-state index contributed by atoms with van der Waals surface area (Å²) in [5.74, 6) is 1.89. The van der Waals surface area contributed by atoms with Gasteiger partial charge in [-0.2, -0.15) is 10.1 Å². The van der Waals surface area contributed by atoms with Crippen molar-refractivity contribution in [3.05, 3.63) is 29.2 Å². The van der Waals surface area contributed by atoms with Gasteiger partial charge >= 0.3 is 0 Å². The molecule has 2 N–H and O–H groups in total. The molecule has 3 aromatic rings. The Hall–Kier alpha value is -2.51. The number of anilines is 1. The molecule has 0 aromatic carbocycles. The second kappa shape index (κ2) is 4.55. The molecule has 20 heavy (non-hydrogen) atoms. The second-order valence-corrected chi connectivity index (χ2v) is 4.76. The summed E-state index contributed by atoms with van der Waals surface area (Å²) >= 11 is 0. The number of hydrogen-bond donors (Lipinski definition) is 1. The number of nitrogens with zero attached hydrogens (tertiary/aromatic N) is 7. The lowest BCUT2D eigenvalue weighted by atomic mass is 10.3. The van der Waals surface area contributed by atoms with Gasteiger partial charge in [0.1, 0.15) is 5.82 Å². The molecule has 8 nitrogen and oxygen atoms in total. The average molecular weight is 272 g/mol. The molecule has 0 unspecified atom stereocenters. The topological polar surface area (TPSA) is 99.8 Å². The van der Waals surface area contributed by atoms with E-state index in [-0.39, 0.29) is 0 Å². The van der Waals surface area contributed by atoms with Gasteiger partial charge in [-0.15, -0.1) is 5.10 Å². The van der Waals surface area contributed by atoms with Crippen LogP contribution in [0.3, 0.4) is 0 Å². The Labute approximate surface area is 115 Å². The van der Waals surface area contributed by atoms with Crippen molar-refractivity contribution in [2.75, 3.05) is 5.73 Å². The van der Waals surface area contributed by atoms with Crippen LogP contribution in [0.15, 0.2) is 6.20 Å². The summed E-state index contributed by atoms with van der Waals surface area (Å²) in [7, 11) is 1.83. The van der Waals surface area contributed by atoms with Crippen molar-refractivity contribution in [2.24, 2.45) is 7.05 Å². The highest BCUT2D eigenvalue weighted by Gasteiger charge is 2.11. The summed E-state index contributed by atoms with van der Waals surface area (Å²) in [6.45, 7) is 3.89.